The van der Waals surface area contributed by atoms with Gasteiger partial charge in [0.15, 0.2) is 0 Å². The van der Waals surface area contributed by atoms with Gasteiger partial charge >= 0.3 is 0 Å². The molecule has 0 bridgehead atoms. The summed E-state index contributed by atoms with van der Waals surface area (Å²) in [4.78, 5) is 0. The van der Waals surface area contributed by atoms with E-state index < -0.39 is 16.1 Å². The summed E-state index contributed by atoms with van der Waals surface area (Å²) in [6.07, 6.45) is 0.625. The molecule has 4 nitrogen and oxygen atoms in total. The summed E-state index contributed by atoms with van der Waals surface area (Å²) in [6, 6.07) is 6.94. The van der Waals surface area contributed by atoms with Crippen LogP contribution in [0.5, 0.6) is 0 Å². The predicted octanol–water partition coefficient (Wildman–Crippen LogP) is 1.35. The highest BCUT2D eigenvalue weighted by molar-refractivity contribution is 7.88. The largest absolute Gasteiger partial charge is 0.389 e. The van der Waals surface area contributed by atoms with Gasteiger partial charge in [-0.25, -0.2) is 13.1 Å². The van der Waals surface area contributed by atoms with Crippen LogP contribution in [0.3, 0.4) is 0 Å². The van der Waals surface area contributed by atoms with Crippen molar-refractivity contribution in [1.29, 1.82) is 0 Å². The standard InChI is InChI=1S/C11H17NO3S/c1-8(12-16(3,14)15)10-4-6-11(7-5-10)9(2)13/h4-9,12-13H,1-3H3/t8-,9?/m1/s1. The molecule has 0 saturated heterocycles. The van der Waals surface area contributed by atoms with E-state index in [1.807, 2.05) is 12.1 Å². The van der Waals surface area contributed by atoms with Crippen molar-refractivity contribution in [3.63, 3.8) is 0 Å². The Hall–Kier alpha value is -0.910. The number of rotatable bonds is 4. The first-order valence-corrected chi connectivity index (χ1v) is 6.94. The smallest absolute Gasteiger partial charge is 0.209 e. The van der Waals surface area contributed by atoms with Crippen LogP contribution in [0.4, 0.5) is 0 Å². The third-order valence-corrected chi connectivity index (χ3v) is 3.09. The fourth-order valence-electron chi connectivity index (χ4n) is 1.45. The minimum atomic E-state index is -3.20. The van der Waals surface area contributed by atoms with Crippen LogP contribution in [0.25, 0.3) is 0 Å². The third-order valence-electron chi connectivity index (χ3n) is 2.31. The van der Waals surface area contributed by atoms with Crippen molar-refractivity contribution in [2.75, 3.05) is 6.26 Å². The molecule has 1 aromatic rings. The monoisotopic (exact) mass is 243 g/mol. The highest BCUT2D eigenvalue weighted by atomic mass is 32.2. The van der Waals surface area contributed by atoms with Gasteiger partial charge in [-0.2, -0.15) is 0 Å². The summed E-state index contributed by atoms with van der Waals surface area (Å²) in [5.74, 6) is 0. The highest BCUT2D eigenvalue weighted by Gasteiger charge is 2.10. The zero-order chi connectivity index (χ0) is 12.3. The molecule has 90 valence electrons. The van der Waals surface area contributed by atoms with E-state index in [1.165, 1.54) is 0 Å². The molecular weight excluding hydrogens is 226 g/mol. The maximum atomic E-state index is 11.0. The number of sulfonamides is 1. The predicted molar refractivity (Wildman–Crippen MR) is 63.5 cm³/mol. The van der Waals surface area contributed by atoms with E-state index in [9.17, 15) is 13.5 Å². The van der Waals surface area contributed by atoms with E-state index in [2.05, 4.69) is 4.72 Å². The van der Waals surface area contributed by atoms with Crippen molar-refractivity contribution < 1.29 is 13.5 Å². The van der Waals surface area contributed by atoms with Crippen LogP contribution in [0.1, 0.15) is 37.1 Å². The molecule has 0 radical (unpaired) electrons. The number of hydrogen-bond donors (Lipinski definition) is 2. The van der Waals surface area contributed by atoms with Gasteiger partial charge in [0.2, 0.25) is 10.0 Å². The normalized spacial score (nSPS) is 15.8. The first kappa shape index (κ1) is 13.2. The zero-order valence-corrected chi connectivity index (χ0v) is 10.5. The van der Waals surface area contributed by atoms with Gasteiger partial charge in [0.1, 0.15) is 0 Å². The van der Waals surface area contributed by atoms with Gasteiger partial charge in [-0.05, 0) is 25.0 Å². The molecule has 5 heteroatoms. The second-order valence-corrected chi connectivity index (χ2v) is 5.73. The first-order valence-electron chi connectivity index (χ1n) is 5.05. The molecule has 1 aromatic carbocycles. The SMILES string of the molecule is CC(O)c1ccc([C@@H](C)NS(C)(=O)=O)cc1. The molecule has 0 amide bonds. The van der Waals surface area contributed by atoms with E-state index in [1.54, 1.807) is 26.0 Å². The Labute approximate surface area is 96.4 Å². The molecule has 0 aromatic heterocycles. The van der Waals surface area contributed by atoms with E-state index in [0.717, 1.165) is 17.4 Å². The average Bonchev–Trinajstić information content (AvgIpc) is 2.15. The molecule has 0 aliphatic carbocycles. The maximum absolute atomic E-state index is 11.0. The molecule has 2 atom stereocenters. The Morgan fingerprint density at radius 3 is 1.94 bits per heavy atom. The summed E-state index contributed by atoms with van der Waals surface area (Å²) < 4.78 is 24.6. The Bertz CT molecular complexity index is 437. The number of nitrogens with one attached hydrogen (secondary N) is 1. The summed E-state index contributed by atoms with van der Waals surface area (Å²) >= 11 is 0. The minimum Gasteiger partial charge on any atom is -0.389 e. The number of aliphatic hydroxyl groups is 1. The molecule has 1 unspecified atom stereocenters. The Morgan fingerprint density at radius 1 is 1.12 bits per heavy atom. The second kappa shape index (κ2) is 4.95. The summed E-state index contributed by atoms with van der Waals surface area (Å²) in [5, 5.41) is 9.33. The molecule has 0 heterocycles. The molecule has 0 aliphatic heterocycles. The maximum Gasteiger partial charge on any atom is 0.209 e. The van der Waals surface area contributed by atoms with E-state index >= 15 is 0 Å². The van der Waals surface area contributed by atoms with E-state index in [0.29, 0.717) is 0 Å². The van der Waals surface area contributed by atoms with Gasteiger partial charge in [-0.3, -0.25) is 0 Å². The quantitative estimate of drug-likeness (QED) is 0.839. The molecular formula is C11H17NO3S. The van der Waals surface area contributed by atoms with Crippen LogP contribution in [-0.2, 0) is 10.0 Å². The average molecular weight is 243 g/mol. The van der Waals surface area contributed by atoms with Crippen molar-refractivity contribution in [3.8, 4) is 0 Å². The van der Waals surface area contributed by atoms with Crippen molar-refractivity contribution >= 4 is 10.0 Å². The Kier molecular flexibility index (Phi) is 4.07. The Morgan fingerprint density at radius 2 is 1.56 bits per heavy atom. The van der Waals surface area contributed by atoms with Gasteiger partial charge in [0.25, 0.3) is 0 Å². The van der Waals surface area contributed by atoms with Gasteiger partial charge < -0.3 is 5.11 Å². The summed E-state index contributed by atoms with van der Waals surface area (Å²) in [6.45, 7) is 3.46. The van der Waals surface area contributed by atoms with E-state index in [4.69, 9.17) is 0 Å². The van der Waals surface area contributed by atoms with Gasteiger partial charge in [-0.15, -0.1) is 0 Å². The van der Waals surface area contributed by atoms with Gasteiger partial charge in [-0.1, -0.05) is 24.3 Å². The molecule has 0 aliphatic rings. The number of aliphatic hydroxyl groups excluding tert-OH is 1. The summed E-state index contributed by atoms with van der Waals surface area (Å²) in [5.41, 5.74) is 1.69. The molecule has 0 spiro atoms. The van der Waals surface area contributed by atoms with Crippen molar-refractivity contribution in [3.05, 3.63) is 35.4 Å². The van der Waals surface area contributed by atoms with Crippen molar-refractivity contribution in [2.24, 2.45) is 0 Å². The molecule has 2 N–H and O–H groups in total. The third kappa shape index (κ3) is 3.92. The highest BCUT2D eigenvalue weighted by Crippen LogP contribution is 2.17. The lowest BCUT2D eigenvalue weighted by molar-refractivity contribution is 0.199. The van der Waals surface area contributed by atoms with Crippen molar-refractivity contribution in [1.82, 2.24) is 4.72 Å². The van der Waals surface area contributed by atoms with Crippen LogP contribution in [-0.4, -0.2) is 19.8 Å². The topological polar surface area (TPSA) is 66.4 Å². The summed E-state index contributed by atoms with van der Waals surface area (Å²) in [7, 11) is -3.20. The molecule has 1 rings (SSSR count). The van der Waals surface area contributed by atoms with Crippen LogP contribution in [0, 0.1) is 0 Å². The Balaban J connectivity index is 2.82. The number of benzene rings is 1. The molecule has 0 fully saturated rings. The number of hydrogen-bond acceptors (Lipinski definition) is 3. The van der Waals surface area contributed by atoms with Gasteiger partial charge in [0, 0.05) is 6.04 Å². The first-order chi connectivity index (χ1) is 7.29. The van der Waals surface area contributed by atoms with Crippen LogP contribution in [0.15, 0.2) is 24.3 Å². The van der Waals surface area contributed by atoms with Gasteiger partial charge in [0.05, 0.1) is 12.4 Å². The lowest BCUT2D eigenvalue weighted by Gasteiger charge is -2.13. The van der Waals surface area contributed by atoms with Crippen LogP contribution in [0.2, 0.25) is 0 Å². The van der Waals surface area contributed by atoms with Crippen molar-refractivity contribution in [2.45, 2.75) is 26.0 Å². The lowest BCUT2D eigenvalue weighted by atomic mass is 10.0. The second-order valence-electron chi connectivity index (χ2n) is 3.95. The lowest BCUT2D eigenvalue weighted by Crippen LogP contribution is -2.25. The minimum absolute atomic E-state index is 0.266. The zero-order valence-electron chi connectivity index (χ0n) is 9.64. The fraction of sp³-hybridized carbons (Fsp3) is 0.455. The fourth-order valence-corrected chi connectivity index (χ4v) is 2.23. The van der Waals surface area contributed by atoms with E-state index in [-0.39, 0.29) is 6.04 Å². The van der Waals surface area contributed by atoms with Crippen LogP contribution < -0.4 is 4.72 Å². The molecule has 0 saturated carbocycles. The molecule has 16 heavy (non-hydrogen) atoms. The van der Waals surface area contributed by atoms with Crippen LogP contribution >= 0.6 is 0 Å².